The lowest BCUT2D eigenvalue weighted by atomic mass is 10.1. The number of benzene rings is 2. The molecule has 0 saturated heterocycles. The molecule has 0 bridgehead atoms. The second kappa shape index (κ2) is 5.07. The van der Waals surface area contributed by atoms with Gasteiger partial charge in [0.1, 0.15) is 0 Å². The predicted molar refractivity (Wildman–Crippen MR) is 79.5 cm³/mol. The summed E-state index contributed by atoms with van der Waals surface area (Å²) >= 11 is 1.71. The summed E-state index contributed by atoms with van der Waals surface area (Å²) in [4.78, 5) is 0. The molecule has 1 heterocycles. The molecule has 2 heteroatoms. The zero-order valence-corrected chi connectivity index (χ0v) is 10.7. The molecule has 1 nitrogen and oxygen atoms in total. The van der Waals surface area contributed by atoms with Crippen LogP contribution >= 0.6 is 11.3 Å². The highest BCUT2D eigenvalue weighted by Gasteiger charge is 1.99. The Balaban J connectivity index is 1.90. The van der Waals surface area contributed by atoms with Crippen molar-refractivity contribution in [3.05, 3.63) is 72.1 Å². The predicted octanol–water partition coefficient (Wildman–Crippen LogP) is 5.16. The average Bonchev–Trinajstić information content (AvgIpc) is 2.93. The molecule has 0 radical (unpaired) electrons. The average molecular weight is 251 g/mol. The summed E-state index contributed by atoms with van der Waals surface area (Å²) in [7, 11) is 0. The van der Waals surface area contributed by atoms with Gasteiger partial charge in [-0.05, 0) is 40.8 Å². The molecule has 0 aliphatic heterocycles. The van der Waals surface area contributed by atoms with Gasteiger partial charge in [0.25, 0.3) is 0 Å². The van der Waals surface area contributed by atoms with E-state index in [4.69, 9.17) is 0 Å². The lowest BCUT2D eigenvalue weighted by Gasteiger charge is -2.06. The van der Waals surface area contributed by atoms with Crippen LogP contribution in [0.3, 0.4) is 0 Å². The standard InChI is InChI=1S/C16H13NS/c1-2-6-13(7-3-1)14-8-4-9-15(12-14)17-16-10-5-11-18-16/h1-12,17H. The fourth-order valence-corrected chi connectivity index (χ4v) is 2.54. The minimum Gasteiger partial charge on any atom is -0.347 e. The van der Waals surface area contributed by atoms with Gasteiger partial charge in [-0.3, -0.25) is 0 Å². The highest BCUT2D eigenvalue weighted by molar-refractivity contribution is 7.14. The van der Waals surface area contributed by atoms with Gasteiger partial charge in [0.15, 0.2) is 0 Å². The summed E-state index contributed by atoms with van der Waals surface area (Å²) in [5.74, 6) is 0. The Morgan fingerprint density at radius 2 is 1.56 bits per heavy atom. The third-order valence-electron chi connectivity index (χ3n) is 2.76. The quantitative estimate of drug-likeness (QED) is 0.678. The lowest BCUT2D eigenvalue weighted by molar-refractivity contribution is 1.58. The van der Waals surface area contributed by atoms with Crippen LogP contribution in [0, 0.1) is 0 Å². The molecule has 3 aromatic rings. The van der Waals surface area contributed by atoms with Crippen LogP contribution in [0.2, 0.25) is 0 Å². The normalized spacial score (nSPS) is 10.2. The van der Waals surface area contributed by atoms with Gasteiger partial charge in [-0.1, -0.05) is 42.5 Å². The third kappa shape index (κ3) is 2.44. The summed E-state index contributed by atoms with van der Waals surface area (Å²) < 4.78 is 0. The van der Waals surface area contributed by atoms with Gasteiger partial charge in [0.2, 0.25) is 0 Å². The molecule has 0 aliphatic carbocycles. The molecule has 0 spiro atoms. The van der Waals surface area contributed by atoms with E-state index in [2.05, 4.69) is 65.3 Å². The van der Waals surface area contributed by atoms with Gasteiger partial charge in [0, 0.05) is 5.69 Å². The van der Waals surface area contributed by atoms with E-state index >= 15 is 0 Å². The van der Waals surface area contributed by atoms with Gasteiger partial charge < -0.3 is 5.32 Å². The molecule has 3 rings (SSSR count). The Labute approximate surface area is 111 Å². The fourth-order valence-electron chi connectivity index (χ4n) is 1.90. The summed E-state index contributed by atoms with van der Waals surface area (Å²) in [5, 5.41) is 6.65. The Morgan fingerprint density at radius 3 is 2.33 bits per heavy atom. The van der Waals surface area contributed by atoms with Crippen LogP contribution in [0.4, 0.5) is 10.7 Å². The molecule has 2 aromatic carbocycles. The van der Waals surface area contributed by atoms with Crippen LogP contribution in [-0.4, -0.2) is 0 Å². The van der Waals surface area contributed by atoms with Gasteiger partial charge in [-0.2, -0.15) is 0 Å². The van der Waals surface area contributed by atoms with Crippen LogP contribution in [0.25, 0.3) is 11.1 Å². The molecule has 0 unspecified atom stereocenters. The van der Waals surface area contributed by atoms with Crippen molar-refractivity contribution in [1.82, 2.24) is 0 Å². The maximum absolute atomic E-state index is 3.41. The first-order chi connectivity index (χ1) is 8.92. The van der Waals surface area contributed by atoms with Crippen LogP contribution in [0.5, 0.6) is 0 Å². The Bertz CT molecular complexity index is 615. The monoisotopic (exact) mass is 251 g/mol. The maximum atomic E-state index is 3.41. The van der Waals surface area contributed by atoms with Gasteiger partial charge in [-0.15, -0.1) is 11.3 Å². The van der Waals surface area contributed by atoms with Crippen LogP contribution in [0.1, 0.15) is 0 Å². The van der Waals surface area contributed by atoms with E-state index in [1.54, 1.807) is 11.3 Å². The van der Waals surface area contributed by atoms with Crippen molar-refractivity contribution in [2.24, 2.45) is 0 Å². The molecule has 0 aliphatic rings. The molecular formula is C16H13NS. The van der Waals surface area contributed by atoms with Crippen molar-refractivity contribution in [3.8, 4) is 11.1 Å². The highest BCUT2D eigenvalue weighted by atomic mass is 32.1. The molecular weight excluding hydrogens is 238 g/mol. The van der Waals surface area contributed by atoms with Crippen LogP contribution < -0.4 is 5.32 Å². The van der Waals surface area contributed by atoms with E-state index in [-0.39, 0.29) is 0 Å². The number of hydrogen-bond acceptors (Lipinski definition) is 2. The number of rotatable bonds is 3. The topological polar surface area (TPSA) is 12.0 Å². The largest absolute Gasteiger partial charge is 0.347 e. The summed E-state index contributed by atoms with van der Waals surface area (Å²) in [5.41, 5.74) is 3.60. The molecule has 0 saturated carbocycles. The summed E-state index contributed by atoms with van der Waals surface area (Å²) in [6.45, 7) is 0. The van der Waals surface area contributed by atoms with E-state index in [9.17, 15) is 0 Å². The lowest BCUT2D eigenvalue weighted by Crippen LogP contribution is -1.87. The zero-order valence-electron chi connectivity index (χ0n) is 9.84. The summed E-state index contributed by atoms with van der Waals surface area (Å²) in [6.07, 6.45) is 0. The smallest absolute Gasteiger partial charge is 0.0926 e. The van der Waals surface area contributed by atoms with Gasteiger partial charge in [-0.25, -0.2) is 0 Å². The molecule has 1 N–H and O–H groups in total. The van der Waals surface area contributed by atoms with Crippen LogP contribution in [-0.2, 0) is 0 Å². The molecule has 18 heavy (non-hydrogen) atoms. The number of hydrogen-bond donors (Lipinski definition) is 1. The van der Waals surface area contributed by atoms with Crippen LogP contribution in [0.15, 0.2) is 72.1 Å². The minimum absolute atomic E-state index is 1.12. The van der Waals surface area contributed by atoms with E-state index in [1.807, 2.05) is 12.1 Å². The first kappa shape index (κ1) is 11.1. The highest BCUT2D eigenvalue weighted by Crippen LogP contribution is 2.26. The fraction of sp³-hybridized carbons (Fsp3) is 0. The van der Waals surface area contributed by atoms with E-state index < -0.39 is 0 Å². The summed E-state index contributed by atoms with van der Waals surface area (Å²) in [6, 6.07) is 23.0. The number of thiophene rings is 1. The first-order valence-electron chi connectivity index (χ1n) is 5.88. The van der Waals surface area contributed by atoms with E-state index in [0.717, 1.165) is 5.69 Å². The third-order valence-corrected chi connectivity index (χ3v) is 3.54. The SMILES string of the molecule is c1ccc(-c2cccc(Nc3cccs3)c2)cc1. The number of nitrogens with one attached hydrogen (secondary N) is 1. The second-order valence-corrected chi connectivity index (χ2v) is 5.00. The Kier molecular flexibility index (Phi) is 3.11. The Hall–Kier alpha value is -2.06. The molecule has 0 amide bonds. The molecule has 0 fully saturated rings. The van der Waals surface area contributed by atoms with E-state index in [1.165, 1.54) is 16.1 Å². The van der Waals surface area contributed by atoms with Gasteiger partial charge >= 0.3 is 0 Å². The van der Waals surface area contributed by atoms with Crippen molar-refractivity contribution in [1.29, 1.82) is 0 Å². The van der Waals surface area contributed by atoms with Crippen molar-refractivity contribution in [2.75, 3.05) is 5.32 Å². The van der Waals surface area contributed by atoms with Crippen molar-refractivity contribution >= 4 is 22.0 Å². The zero-order chi connectivity index (χ0) is 12.2. The first-order valence-corrected chi connectivity index (χ1v) is 6.76. The second-order valence-electron chi connectivity index (χ2n) is 4.05. The van der Waals surface area contributed by atoms with Gasteiger partial charge in [0.05, 0.1) is 5.00 Å². The molecule has 88 valence electrons. The molecule has 1 aromatic heterocycles. The minimum atomic E-state index is 1.12. The van der Waals surface area contributed by atoms with Crippen molar-refractivity contribution in [2.45, 2.75) is 0 Å². The Morgan fingerprint density at radius 1 is 0.722 bits per heavy atom. The van der Waals surface area contributed by atoms with Crippen molar-refractivity contribution < 1.29 is 0 Å². The van der Waals surface area contributed by atoms with Crippen molar-refractivity contribution in [3.63, 3.8) is 0 Å². The number of anilines is 2. The maximum Gasteiger partial charge on any atom is 0.0926 e. The van der Waals surface area contributed by atoms with E-state index in [0.29, 0.717) is 0 Å². The molecule has 0 atom stereocenters.